The van der Waals surface area contributed by atoms with E-state index in [1.807, 2.05) is 60.7 Å². The molecule has 39 heavy (non-hydrogen) atoms. The average molecular weight is 560 g/mol. The number of fused-ring (bicyclic) bond motifs is 1. The maximum Gasteiger partial charge on any atom is 0.330 e. The monoisotopic (exact) mass is 559 g/mol. The molecule has 11 heteroatoms. The zero-order valence-corrected chi connectivity index (χ0v) is 24.2. The Balaban J connectivity index is 1.63. The van der Waals surface area contributed by atoms with Gasteiger partial charge in [-0.25, -0.2) is 9.36 Å². The van der Waals surface area contributed by atoms with E-state index in [0.717, 1.165) is 14.9 Å². The molecule has 2 aromatic carbocycles. The van der Waals surface area contributed by atoms with Crippen molar-refractivity contribution in [3.05, 3.63) is 99.5 Å². The van der Waals surface area contributed by atoms with E-state index in [0.29, 0.717) is 20.8 Å². The van der Waals surface area contributed by atoms with Gasteiger partial charge >= 0.3 is 20.0 Å². The smallest absolute Gasteiger partial charge is 0.330 e. The van der Waals surface area contributed by atoms with Crippen molar-refractivity contribution in [3.63, 3.8) is 0 Å². The summed E-state index contributed by atoms with van der Waals surface area (Å²) in [4.78, 5) is 45.4. The third kappa shape index (κ3) is 4.37. The van der Waals surface area contributed by atoms with E-state index >= 15 is 0 Å². The first-order valence-corrected chi connectivity index (χ1v) is 15.3. The number of rotatable bonds is 6. The van der Waals surface area contributed by atoms with Gasteiger partial charge in [-0.3, -0.25) is 14.6 Å². The summed E-state index contributed by atoms with van der Waals surface area (Å²) in [6.07, 6.45) is 3.07. The van der Waals surface area contributed by atoms with Crippen molar-refractivity contribution in [1.82, 2.24) is 24.5 Å². The Kier molecular flexibility index (Phi) is 6.73. The Morgan fingerprint density at radius 1 is 0.974 bits per heavy atom. The molecule has 5 aromatic rings. The third-order valence-corrected chi connectivity index (χ3v) is 13.1. The van der Waals surface area contributed by atoms with Crippen LogP contribution in [0.3, 0.4) is 0 Å². The lowest BCUT2D eigenvalue weighted by Gasteiger charge is -2.42. The van der Waals surface area contributed by atoms with Gasteiger partial charge in [0, 0.05) is 5.56 Å². The van der Waals surface area contributed by atoms with Crippen LogP contribution in [0.15, 0.2) is 82.6 Å². The van der Waals surface area contributed by atoms with Gasteiger partial charge in [-0.1, -0.05) is 92.8 Å². The fourth-order valence-electron chi connectivity index (χ4n) is 5.07. The van der Waals surface area contributed by atoms with Crippen LogP contribution in [0.25, 0.3) is 15.2 Å². The van der Waals surface area contributed by atoms with Gasteiger partial charge in [-0.05, 0) is 29.3 Å². The minimum absolute atomic E-state index is 0.317. The lowest BCUT2D eigenvalue weighted by Crippen LogP contribution is -2.67. The molecule has 0 aliphatic heterocycles. The van der Waals surface area contributed by atoms with E-state index in [9.17, 15) is 14.4 Å². The molecule has 1 unspecified atom stereocenters. The van der Waals surface area contributed by atoms with E-state index in [4.69, 9.17) is 4.43 Å². The second-order valence-corrected chi connectivity index (χ2v) is 15.6. The molecule has 0 radical (unpaired) electrons. The summed E-state index contributed by atoms with van der Waals surface area (Å²) in [6, 6.07) is 18.3. The van der Waals surface area contributed by atoms with Crippen LogP contribution in [0, 0.1) is 6.92 Å². The molecule has 0 saturated heterocycles. The normalized spacial score (nSPS) is 12.9. The van der Waals surface area contributed by atoms with E-state index in [1.165, 1.54) is 35.5 Å². The van der Waals surface area contributed by atoms with Gasteiger partial charge in [-0.2, -0.15) is 10.2 Å². The number of carbonyl (C=O) groups is 1. The summed E-state index contributed by atoms with van der Waals surface area (Å²) in [5.41, 5.74) is -0.623. The molecule has 3 heterocycles. The molecular formula is C28H29N5O4SSi. The number of aromatic amines is 1. The van der Waals surface area contributed by atoms with Crippen molar-refractivity contribution in [2.45, 2.75) is 45.7 Å². The highest BCUT2D eigenvalue weighted by Crippen LogP contribution is 2.37. The number of hydrogen-bond acceptors (Lipinski definition) is 7. The largest absolute Gasteiger partial charge is 0.508 e. The molecule has 0 fully saturated rings. The van der Waals surface area contributed by atoms with Crippen LogP contribution in [-0.4, -0.2) is 38.8 Å². The molecule has 0 spiro atoms. The SMILES string of the molecule is Cc1c(-n2nccn2)sc2[nH]c(=O)n(C(C)C(=O)O[Si](c3ccccc3)(c3ccccc3)C(C)(C)C)c(=O)c12. The minimum atomic E-state index is -3.23. The standard InChI is InChI=1S/C28H29N5O4SSi/c1-18-22-23(38-25(18)33-29-16-17-30-33)31-27(36)32(24(22)34)19(2)26(35)37-39(28(3,4)5,20-12-8-6-9-13-20)21-14-10-7-11-15-21/h6-17,19H,1-5H3,(H,31,36). The first-order chi connectivity index (χ1) is 18.6. The number of H-pyrrole nitrogens is 1. The fourth-order valence-corrected chi connectivity index (χ4v) is 10.6. The number of aryl methyl sites for hydroxylation is 1. The van der Waals surface area contributed by atoms with Crippen LogP contribution in [0.4, 0.5) is 0 Å². The first kappa shape index (κ1) is 26.5. The fraction of sp³-hybridized carbons (Fsp3) is 0.250. The maximum atomic E-state index is 13.9. The number of nitrogens with one attached hydrogen (secondary N) is 1. The van der Waals surface area contributed by atoms with Crippen LogP contribution < -0.4 is 21.6 Å². The molecule has 9 nitrogen and oxygen atoms in total. The van der Waals surface area contributed by atoms with Crippen LogP contribution in [0.2, 0.25) is 5.04 Å². The molecule has 0 bridgehead atoms. The molecule has 0 amide bonds. The topological polar surface area (TPSA) is 112 Å². The Labute approximate surface area is 229 Å². The summed E-state index contributed by atoms with van der Waals surface area (Å²) in [7, 11) is -3.23. The van der Waals surface area contributed by atoms with Crippen molar-refractivity contribution in [2.24, 2.45) is 0 Å². The Morgan fingerprint density at radius 3 is 2.03 bits per heavy atom. The van der Waals surface area contributed by atoms with Crippen LogP contribution >= 0.6 is 11.3 Å². The molecule has 1 atom stereocenters. The summed E-state index contributed by atoms with van der Waals surface area (Å²) in [5.74, 6) is -0.641. The van der Waals surface area contributed by atoms with Gasteiger partial charge in [0.2, 0.25) is 0 Å². The molecular weight excluding hydrogens is 530 g/mol. The van der Waals surface area contributed by atoms with Gasteiger partial charge in [0.1, 0.15) is 15.9 Å². The number of aromatic nitrogens is 5. The van der Waals surface area contributed by atoms with Gasteiger partial charge in [0.25, 0.3) is 5.56 Å². The summed E-state index contributed by atoms with van der Waals surface area (Å²) in [6.45, 7) is 9.47. The minimum Gasteiger partial charge on any atom is -0.508 e. The molecule has 3 aromatic heterocycles. The number of carbonyl (C=O) groups excluding carboxylic acids is 1. The Hall–Kier alpha value is -4.09. The Bertz CT molecular complexity index is 1710. The van der Waals surface area contributed by atoms with Crippen LogP contribution in [0.5, 0.6) is 0 Å². The first-order valence-electron chi connectivity index (χ1n) is 12.5. The van der Waals surface area contributed by atoms with Gasteiger partial charge in [0.05, 0.1) is 17.8 Å². The molecule has 0 aliphatic rings. The number of benzene rings is 2. The molecule has 1 N–H and O–H groups in total. The van der Waals surface area contributed by atoms with Crippen molar-refractivity contribution in [1.29, 1.82) is 0 Å². The van der Waals surface area contributed by atoms with Crippen LogP contribution in [0.1, 0.15) is 39.3 Å². The van der Waals surface area contributed by atoms with Crippen molar-refractivity contribution >= 4 is 46.2 Å². The van der Waals surface area contributed by atoms with Gasteiger partial charge in [-0.15, -0.1) is 4.80 Å². The van der Waals surface area contributed by atoms with Gasteiger partial charge in [0.15, 0.2) is 0 Å². The van der Waals surface area contributed by atoms with Crippen molar-refractivity contribution in [3.8, 4) is 5.00 Å². The third-order valence-electron chi connectivity index (χ3n) is 6.99. The number of hydrogen-bond donors (Lipinski definition) is 1. The van der Waals surface area contributed by atoms with E-state index in [1.54, 1.807) is 6.92 Å². The zero-order chi connectivity index (χ0) is 27.9. The van der Waals surface area contributed by atoms with Gasteiger partial charge < -0.3 is 4.43 Å². The molecule has 0 aliphatic carbocycles. The highest BCUT2D eigenvalue weighted by atomic mass is 32.1. The Morgan fingerprint density at radius 2 is 1.51 bits per heavy atom. The lowest BCUT2D eigenvalue weighted by atomic mass is 10.2. The second kappa shape index (κ2) is 9.90. The quantitative estimate of drug-likeness (QED) is 0.320. The predicted octanol–water partition coefficient (Wildman–Crippen LogP) is 3.30. The highest BCUT2D eigenvalue weighted by Gasteiger charge is 2.53. The highest BCUT2D eigenvalue weighted by molar-refractivity contribution is 7.21. The van der Waals surface area contributed by atoms with E-state index < -0.39 is 36.6 Å². The molecule has 5 rings (SSSR count). The number of thiophene rings is 1. The second-order valence-electron chi connectivity index (χ2n) is 10.4. The predicted molar refractivity (Wildman–Crippen MR) is 155 cm³/mol. The van der Waals surface area contributed by atoms with Crippen LogP contribution in [-0.2, 0) is 9.22 Å². The summed E-state index contributed by atoms with van der Waals surface area (Å²) in [5, 5.41) is 10.6. The average Bonchev–Trinajstić information content (AvgIpc) is 3.55. The zero-order valence-electron chi connectivity index (χ0n) is 22.3. The lowest BCUT2D eigenvalue weighted by molar-refractivity contribution is -0.138. The molecule has 0 saturated carbocycles. The van der Waals surface area contributed by atoms with E-state index in [2.05, 4.69) is 36.0 Å². The van der Waals surface area contributed by atoms with E-state index in [-0.39, 0.29) is 0 Å². The van der Waals surface area contributed by atoms with Crippen molar-refractivity contribution < 1.29 is 9.22 Å². The summed E-state index contributed by atoms with van der Waals surface area (Å²) < 4.78 is 7.52. The van der Waals surface area contributed by atoms with Crippen molar-refractivity contribution in [2.75, 3.05) is 0 Å². The summed E-state index contributed by atoms with van der Waals surface area (Å²) >= 11 is 1.21. The maximum absolute atomic E-state index is 13.9. The molecule has 200 valence electrons. The number of nitrogens with zero attached hydrogens (tertiary/aromatic N) is 4.